The monoisotopic (exact) mass is 355 g/mol. The number of ether oxygens (including phenoxy) is 2. The van der Waals surface area contributed by atoms with Gasteiger partial charge in [-0.3, -0.25) is 9.78 Å². The second kappa shape index (κ2) is 8.55. The number of pyridine rings is 2. The number of nitrogens with one attached hydrogen (secondary N) is 1. The maximum Gasteiger partial charge on any atom is 0.257 e. The molecule has 122 valence electrons. The lowest BCUT2D eigenvalue weighted by atomic mass is 10.3. The lowest BCUT2D eigenvalue weighted by Gasteiger charge is -2.10. The number of rotatable bonds is 7. The molecule has 6 nitrogen and oxygen atoms in total. The predicted octanol–water partition coefficient (Wildman–Crippen LogP) is 2.88. The predicted molar refractivity (Wildman–Crippen MR) is 87.0 cm³/mol. The third-order valence-corrected chi connectivity index (χ3v) is 3.19. The molecule has 0 aromatic carbocycles. The Morgan fingerprint density at radius 1 is 1.22 bits per heavy atom. The highest BCUT2D eigenvalue weighted by Gasteiger charge is 2.08. The van der Waals surface area contributed by atoms with E-state index in [-0.39, 0.29) is 25.0 Å². The van der Waals surface area contributed by atoms with Crippen LogP contribution < -0.4 is 14.8 Å². The van der Waals surface area contributed by atoms with Gasteiger partial charge in [-0.1, -0.05) is 23.2 Å². The summed E-state index contributed by atoms with van der Waals surface area (Å²) in [4.78, 5) is 19.5. The zero-order valence-electron chi connectivity index (χ0n) is 12.4. The van der Waals surface area contributed by atoms with E-state index in [9.17, 15) is 4.79 Å². The smallest absolute Gasteiger partial charge is 0.257 e. The molecule has 0 aliphatic heterocycles. The van der Waals surface area contributed by atoms with E-state index in [0.717, 1.165) is 0 Å². The maximum absolute atomic E-state index is 11.4. The third kappa shape index (κ3) is 5.58. The Labute approximate surface area is 143 Å². The van der Waals surface area contributed by atoms with Crippen LogP contribution in [0.4, 0.5) is 0 Å². The summed E-state index contributed by atoms with van der Waals surface area (Å²) < 4.78 is 10.9. The van der Waals surface area contributed by atoms with Crippen LogP contribution in [-0.4, -0.2) is 29.0 Å². The first-order chi connectivity index (χ1) is 11.1. The van der Waals surface area contributed by atoms with Crippen molar-refractivity contribution in [1.82, 2.24) is 15.3 Å². The Morgan fingerprint density at radius 3 is 2.74 bits per heavy atom. The molecule has 0 aliphatic rings. The van der Waals surface area contributed by atoms with Gasteiger partial charge in [0.15, 0.2) is 6.61 Å². The summed E-state index contributed by atoms with van der Waals surface area (Å²) in [6, 6.07) is 5.00. The number of hydrogen-bond donors (Lipinski definition) is 1. The zero-order chi connectivity index (χ0) is 16.7. The minimum atomic E-state index is -0.225. The SMILES string of the molecule is CCNC(=O)COc1cc(OCc2ccc(Cl)cn2)c(Cl)cn1. The van der Waals surface area contributed by atoms with Crippen molar-refractivity contribution in [2.24, 2.45) is 0 Å². The van der Waals surface area contributed by atoms with E-state index in [1.807, 2.05) is 6.92 Å². The molecule has 1 amide bonds. The number of carbonyl (C=O) groups is 1. The molecular weight excluding hydrogens is 341 g/mol. The molecule has 8 heteroatoms. The van der Waals surface area contributed by atoms with E-state index >= 15 is 0 Å². The van der Waals surface area contributed by atoms with Gasteiger partial charge in [0.2, 0.25) is 5.88 Å². The number of nitrogens with zero attached hydrogens (tertiary/aromatic N) is 2. The Hall–Kier alpha value is -2.05. The van der Waals surface area contributed by atoms with Crippen molar-refractivity contribution in [3.05, 3.63) is 46.3 Å². The van der Waals surface area contributed by atoms with Gasteiger partial charge in [-0.15, -0.1) is 0 Å². The first-order valence-corrected chi connectivity index (χ1v) is 7.62. The van der Waals surface area contributed by atoms with E-state index in [1.54, 1.807) is 12.1 Å². The van der Waals surface area contributed by atoms with Crippen LogP contribution in [0, 0.1) is 0 Å². The van der Waals surface area contributed by atoms with Crippen LogP contribution in [-0.2, 0) is 11.4 Å². The molecule has 0 atom stereocenters. The number of carbonyl (C=O) groups excluding carboxylic acids is 1. The lowest BCUT2D eigenvalue weighted by molar-refractivity contribution is -0.123. The van der Waals surface area contributed by atoms with Crippen molar-refractivity contribution >= 4 is 29.1 Å². The Balaban J connectivity index is 1.96. The standard InChI is InChI=1S/C15H15Cl2N3O3/c1-2-18-14(21)9-23-15-5-13(12(17)7-20-15)22-8-11-4-3-10(16)6-19-11/h3-7H,2,8-9H2,1H3,(H,18,21). The molecule has 2 rings (SSSR count). The summed E-state index contributed by atoms with van der Waals surface area (Å²) >= 11 is 11.8. The van der Waals surface area contributed by atoms with E-state index < -0.39 is 0 Å². The highest BCUT2D eigenvalue weighted by molar-refractivity contribution is 6.32. The topological polar surface area (TPSA) is 73.3 Å². The molecule has 1 N–H and O–H groups in total. The van der Waals surface area contributed by atoms with Crippen LogP contribution in [0.2, 0.25) is 10.0 Å². The fourth-order valence-corrected chi connectivity index (χ4v) is 1.89. The van der Waals surface area contributed by atoms with Gasteiger partial charge in [-0.25, -0.2) is 4.98 Å². The zero-order valence-corrected chi connectivity index (χ0v) is 13.9. The number of hydrogen-bond acceptors (Lipinski definition) is 5. The van der Waals surface area contributed by atoms with Crippen LogP contribution in [0.15, 0.2) is 30.6 Å². The second-order valence-electron chi connectivity index (χ2n) is 4.45. The van der Waals surface area contributed by atoms with Crippen LogP contribution >= 0.6 is 23.2 Å². The van der Waals surface area contributed by atoms with Crippen molar-refractivity contribution in [1.29, 1.82) is 0 Å². The average Bonchev–Trinajstić information content (AvgIpc) is 2.54. The molecule has 0 fully saturated rings. The van der Waals surface area contributed by atoms with Crippen LogP contribution in [0.3, 0.4) is 0 Å². The Kier molecular flexibility index (Phi) is 6.43. The van der Waals surface area contributed by atoms with Gasteiger partial charge in [0, 0.05) is 18.8 Å². The number of likely N-dealkylation sites (N-methyl/N-ethyl adjacent to an activating group) is 1. The first-order valence-electron chi connectivity index (χ1n) is 6.86. The normalized spacial score (nSPS) is 10.2. The highest BCUT2D eigenvalue weighted by atomic mass is 35.5. The lowest BCUT2D eigenvalue weighted by Crippen LogP contribution is -2.28. The number of amides is 1. The molecule has 0 radical (unpaired) electrons. The molecule has 23 heavy (non-hydrogen) atoms. The number of halogens is 2. The van der Waals surface area contributed by atoms with Gasteiger partial charge in [-0.2, -0.15) is 0 Å². The average molecular weight is 356 g/mol. The third-order valence-electron chi connectivity index (χ3n) is 2.68. The fourth-order valence-electron chi connectivity index (χ4n) is 1.62. The van der Waals surface area contributed by atoms with Crippen molar-refractivity contribution in [2.45, 2.75) is 13.5 Å². The fraction of sp³-hybridized carbons (Fsp3) is 0.267. The van der Waals surface area contributed by atoms with Gasteiger partial charge in [0.05, 0.1) is 16.9 Å². The Morgan fingerprint density at radius 2 is 2.04 bits per heavy atom. The van der Waals surface area contributed by atoms with Crippen molar-refractivity contribution < 1.29 is 14.3 Å². The Bertz CT molecular complexity index is 666. The van der Waals surface area contributed by atoms with Gasteiger partial charge in [-0.05, 0) is 19.1 Å². The maximum atomic E-state index is 11.4. The van der Waals surface area contributed by atoms with E-state index in [1.165, 1.54) is 18.5 Å². The molecule has 2 heterocycles. The van der Waals surface area contributed by atoms with Gasteiger partial charge in [0.1, 0.15) is 17.4 Å². The summed E-state index contributed by atoms with van der Waals surface area (Å²) in [5, 5.41) is 3.51. The molecule has 2 aromatic heterocycles. The second-order valence-corrected chi connectivity index (χ2v) is 5.30. The van der Waals surface area contributed by atoms with Gasteiger partial charge in [0.25, 0.3) is 5.91 Å². The first kappa shape index (κ1) is 17.3. The number of aromatic nitrogens is 2. The van der Waals surface area contributed by atoms with Crippen molar-refractivity contribution in [3.63, 3.8) is 0 Å². The quantitative estimate of drug-likeness (QED) is 0.826. The molecular formula is C15H15Cl2N3O3. The van der Waals surface area contributed by atoms with Crippen LogP contribution in [0.5, 0.6) is 11.6 Å². The summed E-state index contributed by atoms with van der Waals surface area (Å²) in [5.74, 6) is 0.418. The van der Waals surface area contributed by atoms with Crippen molar-refractivity contribution in [2.75, 3.05) is 13.2 Å². The largest absolute Gasteiger partial charge is 0.485 e. The molecule has 0 spiro atoms. The minimum Gasteiger partial charge on any atom is -0.485 e. The molecule has 2 aromatic rings. The summed E-state index contributed by atoms with van der Waals surface area (Å²) in [5.41, 5.74) is 0.701. The van der Waals surface area contributed by atoms with Gasteiger partial charge >= 0.3 is 0 Å². The van der Waals surface area contributed by atoms with Crippen LogP contribution in [0.1, 0.15) is 12.6 Å². The highest BCUT2D eigenvalue weighted by Crippen LogP contribution is 2.27. The molecule has 0 saturated heterocycles. The minimum absolute atomic E-state index is 0.124. The molecule has 0 bridgehead atoms. The summed E-state index contributed by atoms with van der Waals surface area (Å²) in [6.45, 7) is 2.46. The van der Waals surface area contributed by atoms with E-state index in [4.69, 9.17) is 32.7 Å². The molecule has 0 aliphatic carbocycles. The molecule has 0 saturated carbocycles. The van der Waals surface area contributed by atoms with E-state index in [2.05, 4.69) is 15.3 Å². The summed E-state index contributed by atoms with van der Waals surface area (Å²) in [6.07, 6.45) is 2.94. The van der Waals surface area contributed by atoms with E-state index in [0.29, 0.717) is 28.0 Å². The summed E-state index contributed by atoms with van der Waals surface area (Å²) in [7, 11) is 0. The van der Waals surface area contributed by atoms with Crippen LogP contribution in [0.25, 0.3) is 0 Å². The van der Waals surface area contributed by atoms with Crippen molar-refractivity contribution in [3.8, 4) is 11.6 Å². The molecule has 0 unspecified atom stereocenters. The van der Waals surface area contributed by atoms with Gasteiger partial charge < -0.3 is 14.8 Å².